The molecule has 0 radical (unpaired) electrons. The van der Waals surface area contributed by atoms with Gasteiger partial charge in [0.2, 0.25) is 5.91 Å². The maximum atomic E-state index is 13.0. The first-order valence-corrected chi connectivity index (χ1v) is 10.8. The summed E-state index contributed by atoms with van der Waals surface area (Å²) in [6, 6.07) is 16.8. The van der Waals surface area contributed by atoms with Gasteiger partial charge in [-0.25, -0.2) is 12.7 Å². The van der Waals surface area contributed by atoms with Crippen LogP contribution in [-0.4, -0.2) is 31.1 Å². The maximum absolute atomic E-state index is 13.0. The zero-order valence-electron chi connectivity index (χ0n) is 15.4. The average molecular weight is 429 g/mol. The van der Waals surface area contributed by atoms with Crippen LogP contribution in [0, 0.1) is 0 Å². The second kappa shape index (κ2) is 7.17. The van der Waals surface area contributed by atoms with Crippen molar-refractivity contribution >= 4 is 49.9 Å². The highest BCUT2D eigenvalue weighted by Crippen LogP contribution is 2.38. The van der Waals surface area contributed by atoms with Gasteiger partial charge in [0.1, 0.15) is 5.92 Å². The van der Waals surface area contributed by atoms with Crippen molar-refractivity contribution in [3.63, 3.8) is 0 Å². The largest absolute Gasteiger partial charge is 0.325 e. The molecule has 0 saturated heterocycles. The van der Waals surface area contributed by atoms with Gasteiger partial charge < -0.3 is 5.32 Å². The molecule has 2 amide bonds. The van der Waals surface area contributed by atoms with E-state index in [0.717, 1.165) is 15.1 Å². The van der Waals surface area contributed by atoms with Gasteiger partial charge in [-0.05, 0) is 59.7 Å². The third-order valence-corrected chi connectivity index (χ3v) is 7.09. The summed E-state index contributed by atoms with van der Waals surface area (Å²) in [6.07, 6.45) is 0. The summed E-state index contributed by atoms with van der Waals surface area (Å²) in [6.45, 7) is 1.51. The SMILES string of the molecule is CCN1C(=O)C(C(=O)Nc2ccc(Cl)cc2)c2cc3ccccc3cc2S1(=O)=O. The first kappa shape index (κ1) is 19.4. The van der Waals surface area contributed by atoms with Crippen LogP contribution in [0.2, 0.25) is 5.02 Å². The second-order valence-corrected chi connectivity index (χ2v) is 8.94. The van der Waals surface area contributed by atoms with Crippen molar-refractivity contribution in [2.45, 2.75) is 17.7 Å². The number of fused-ring (bicyclic) bond motifs is 2. The van der Waals surface area contributed by atoms with E-state index >= 15 is 0 Å². The van der Waals surface area contributed by atoms with Crippen LogP contribution in [0.5, 0.6) is 0 Å². The van der Waals surface area contributed by atoms with Gasteiger partial charge in [0, 0.05) is 17.3 Å². The fourth-order valence-corrected chi connectivity index (χ4v) is 5.32. The number of rotatable bonds is 3. The minimum absolute atomic E-state index is 0.0195. The number of halogens is 1. The number of hydrogen-bond donors (Lipinski definition) is 1. The number of hydrogen-bond acceptors (Lipinski definition) is 4. The molecular formula is C21H17ClN2O4S. The van der Waals surface area contributed by atoms with Crippen LogP contribution >= 0.6 is 11.6 Å². The van der Waals surface area contributed by atoms with Gasteiger partial charge in [0.15, 0.2) is 0 Å². The molecule has 1 aliphatic heterocycles. The molecule has 0 saturated carbocycles. The average Bonchev–Trinajstić information content (AvgIpc) is 2.69. The molecule has 3 aromatic rings. The summed E-state index contributed by atoms with van der Waals surface area (Å²) in [5, 5.41) is 4.67. The number of sulfonamides is 1. The molecule has 0 bridgehead atoms. The summed E-state index contributed by atoms with van der Waals surface area (Å²) in [4.78, 5) is 26.0. The van der Waals surface area contributed by atoms with Crippen molar-refractivity contribution in [3.05, 3.63) is 71.2 Å². The maximum Gasteiger partial charge on any atom is 0.266 e. The smallest absolute Gasteiger partial charge is 0.266 e. The Balaban J connectivity index is 1.87. The van der Waals surface area contributed by atoms with Gasteiger partial charge in [-0.1, -0.05) is 35.9 Å². The van der Waals surface area contributed by atoms with Gasteiger partial charge in [-0.15, -0.1) is 0 Å². The van der Waals surface area contributed by atoms with Crippen LogP contribution in [-0.2, 0) is 19.6 Å². The van der Waals surface area contributed by atoms with Crippen LogP contribution in [0.25, 0.3) is 10.8 Å². The number of nitrogens with zero attached hydrogens (tertiary/aromatic N) is 1. The zero-order chi connectivity index (χ0) is 20.8. The lowest BCUT2D eigenvalue weighted by molar-refractivity contribution is -0.133. The molecule has 3 aromatic carbocycles. The fourth-order valence-electron chi connectivity index (χ4n) is 3.53. The number of likely N-dealkylation sites (N-methyl/N-ethyl adjacent to an activating group) is 1. The molecule has 148 valence electrons. The molecule has 0 fully saturated rings. The van der Waals surface area contributed by atoms with E-state index in [4.69, 9.17) is 11.6 Å². The molecule has 0 spiro atoms. The molecule has 1 heterocycles. The van der Waals surface area contributed by atoms with Crippen molar-refractivity contribution in [2.75, 3.05) is 11.9 Å². The standard InChI is InChI=1S/C21H17ClN2O4S/c1-2-24-21(26)19(20(25)23-16-9-7-15(22)8-10-16)17-11-13-5-3-4-6-14(13)12-18(17)29(24,27)28/h3-12,19H,2H2,1H3,(H,23,25). The minimum atomic E-state index is -4.03. The molecule has 1 atom stereocenters. The van der Waals surface area contributed by atoms with E-state index in [1.54, 1.807) is 49.4 Å². The molecular weight excluding hydrogens is 412 g/mol. The summed E-state index contributed by atoms with van der Waals surface area (Å²) in [5.74, 6) is -2.63. The van der Waals surface area contributed by atoms with Crippen LogP contribution < -0.4 is 5.32 Å². The van der Waals surface area contributed by atoms with Gasteiger partial charge in [-0.2, -0.15) is 0 Å². The van der Waals surface area contributed by atoms with Gasteiger partial charge in [-0.3, -0.25) is 9.59 Å². The van der Waals surface area contributed by atoms with Gasteiger partial charge >= 0.3 is 0 Å². The van der Waals surface area contributed by atoms with E-state index in [2.05, 4.69) is 5.32 Å². The van der Waals surface area contributed by atoms with Crippen LogP contribution in [0.3, 0.4) is 0 Å². The molecule has 8 heteroatoms. The Hall–Kier alpha value is -2.90. The Kier molecular flexibility index (Phi) is 4.80. The zero-order valence-corrected chi connectivity index (χ0v) is 17.0. The predicted molar refractivity (Wildman–Crippen MR) is 111 cm³/mol. The molecule has 6 nitrogen and oxygen atoms in total. The van der Waals surface area contributed by atoms with E-state index in [0.29, 0.717) is 10.7 Å². The highest BCUT2D eigenvalue weighted by Gasteiger charge is 2.45. The number of carbonyl (C=O) groups excluding carboxylic acids is 2. The molecule has 29 heavy (non-hydrogen) atoms. The van der Waals surface area contributed by atoms with Crippen LogP contribution in [0.4, 0.5) is 5.69 Å². The Bertz CT molecular complexity index is 1240. The molecule has 0 aromatic heterocycles. The monoisotopic (exact) mass is 428 g/mol. The Labute approximate surface area is 173 Å². The van der Waals surface area contributed by atoms with Crippen molar-refractivity contribution in [2.24, 2.45) is 0 Å². The minimum Gasteiger partial charge on any atom is -0.325 e. The molecule has 1 unspecified atom stereocenters. The van der Waals surface area contributed by atoms with Gasteiger partial charge in [0.05, 0.1) is 4.90 Å². The van der Waals surface area contributed by atoms with Crippen molar-refractivity contribution < 1.29 is 18.0 Å². The van der Waals surface area contributed by atoms with E-state index in [9.17, 15) is 18.0 Å². The Morgan fingerprint density at radius 1 is 1.07 bits per heavy atom. The number of benzene rings is 3. The normalized spacial score (nSPS) is 17.8. The van der Waals surface area contributed by atoms with E-state index in [1.807, 2.05) is 12.1 Å². The first-order chi connectivity index (χ1) is 13.8. The highest BCUT2D eigenvalue weighted by molar-refractivity contribution is 7.89. The summed E-state index contributed by atoms with van der Waals surface area (Å²) < 4.78 is 26.8. The Morgan fingerprint density at radius 2 is 1.69 bits per heavy atom. The lowest BCUT2D eigenvalue weighted by Crippen LogP contribution is -2.47. The topological polar surface area (TPSA) is 83.6 Å². The summed E-state index contributed by atoms with van der Waals surface area (Å²) >= 11 is 5.87. The lowest BCUT2D eigenvalue weighted by Gasteiger charge is -2.32. The number of nitrogens with one attached hydrogen (secondary N) is 1. The van der Waals surface area contributed by atoms with Crippen molar-refractivity contribution in [3.8, 4) is 0 Å². The fraction of sp³-hybridized carbons (Fsp3) is 0.143. The summed E-state index contributed by atoms with van der Waals surface area (Å²) in [5.41, 5.74) is 0.649. The van der Waals surface area contributed by atoms with E-state index < -0.39 is 27.8 Å². The third-order valence-electron chi connectivity index (χ3n) is 4.91. The highest BCUT2D eigenvalue weighted by atomic mass is 35.5. The quantitative estimate of drug-likeness (QED) is 0.644. The summed E-state index contributed by atoms with van der Waals surface area (Å²) in [7, 11) is -4.03. The van der Waals surface area contributed by atoms with Crippen molar-refractivity contribution in [1.82, 2.24) is 4.31 Å². The second-order valence-electron chi connectivity index (χ2n) is 6.67. The number of amides is 2. The lowest BCUT2D eigenvalue weighted by atomic mass is 9.94. The molecule has 1 aliphatic rings. The predicted octanol–water partition coefficient (Wildman–Crippen LogP) is 3.77. The van der Waals surface area contributed by atoms with E-state index in [-0.39, 0.29) is 17.0 Å². The Morgan fingerprint density at radius 3 is 2.31 bits per heavy atom. The first-order valence-electron chi connectivity index (χ1n) is 8.98. The molecule has 4 rings (SSSR count). The third kappa shape index (κ3) is 3.26. The molecule has 0 aliphatic carbocycles. The van der Waals surface area contributed by atoms with Crippen molar-refractivity contribution in [1.29, 1.82) is 0 Å². The molecule has 1 N–H and O–H groups in total. The van der Waals surface area contributed by atoms with Crippen LogP contribution in [0.15, 0.2) is 65.6 Å². The number of anilines is 1. The van der Waals surface area contributed by atoms with Gasteiger partial charge in [0.25, 0.3) is 15.9 Å². The number of carbonyl (C=O) groups is 2. The van der Waals surface area contributed by atoms with Crippen LogP contribution in [0.1, 0.15) is 18.4 Å². The van der Waals surface area contributed by atoms with E-state index in [1.165, 1.54) is 6.07 Å².